The molecule has 3 heterocycles. The van der Waals surface area contributed by atoms with Crippen LogP contribution < -0.4 is 15.5 Å². The number of fused-ring (bicyclic) bond motifs is 1. The van der Waals surface area contributed by atoms with E-state index in [1.54, 1.807) is 18.7 Å². The van der Waals surface area contributed by atoms with Crippen LogP contribution >= 0.6 is 0 Å². The third-order valence-electron chi connectivity index (χ3n) is 6.27. The Bertz CT molecular complexity index is 1340. The largest absolute Gasteiger partial charge is 0.419 e. The summed E-state index contributed by atoms with van der Waals surface area (Å²) in [5.41, 5.74) is 0.0278. The molecule has 1 aliphatic heterocycles. The summed E-state index contributed by atoms with van der Waals surface area (Å²) in [7, 11) is 5.60. The van der Waals surface area contributed by atoms with Crippen molar-refractivity contribution in [3.05, 3.63) is 47.0 Å². The quantitative estimate of drug-likeness (QED) is 0.525. The molecule has 1 saturated heterocycles. The first-order valence-corrected chi connectivity index (χ1v) is 11.1. The Kier molecular flexibility index (Phi) is 6.60. The third kappa shape index (κ3) is 4.83. The maximum atomic E-state index is 13.5. The number of carbonyl (C=O) groups is 2. The normalized spacial score (nSPS) is 16.4. The molecule has 2 aromatic heterocycles. The Balaban J connectivity index is 1.64. The lowest BCUT2D eigenvalue weighted by molar-refractivity contribution is -0.139. The molecule has 4 rings (SSSR count). The highest BCUT2D eigenvalue weighted by Crippen LogP contribution is 2.35. The number of likely N-dealkylation sites (tertiary alicyclic amines) is 1. The number of pyridine rings is 1. The van der Waals surface area contributed by atoms with Gasteiger partial charge in [0, 0.05) is 38.6 Å². The minimum atomic E-state index is -4.94. The van der Waals surface area contributed by atoms with Crippen LogP contribution in [-0.2, 0) is 13.2 Å². The van der Waals surface area contributed by atoms with Crippen molar-refractivity contribution in [1.29, 1.82) is 0 Å². The van der Waals surface area contributed by atoms with E-state index in [1.165, 1.54) is 6.20 Å². The zero-order chi connectivity index (χ0) is 26.4. The number of alkyl halides is 3. The molecule has 3 amide bonds. The molecular formula is C23H25F4N7O2. The maximum absolute atomic E-state index is 13.5. The van der Waals surface area contributed by atoms with Crippen LogP contribution in [0.2, 0.25) is 0 Å². The second kappa shape index (κ2) is 9.37. The van der Waals surface area contributed by atoms with E-state index >= 15 is 0 Å². The SMILES string of the molecule is Cc1nn(C)c2ncc(C(=O)NC(=O)Nc3ccc(F)c(C(F)(F)F)c3)c(N(C)C3CCN(C)C3)c12. The van der Waals surface area contributed by atoms with Crippen LogP contribution in [0, 0.1) is 12.7 Å². The lowest BCUT2D eigenvalue weighted by Gasteiger charge is -2.29. The first-order valence-electron chi connectivity index (χ1n) is 11.1. The van der Waals surface area contributed by atoms with Gasteiger partial charge < -0.3 is 15.1 Å². The van der Waals surface area contributed by atoms with Gasteiger partial charge in [-0.1, -0.05) is 0 Å². The van der Waals surface area contributed by atoms with Crippen molar-refractivity contribution in [2.45, 2.75) is 25.6 Å². The second-order valence-electron chi connectivity index (χ2n) is 8.84. The van der Waals surface area contributed by atoms with E-state index in [0.29, 0.717) is 34.5 Å². The smallest absolute Gasteiger partial charge is 0.369 e. The molecule has 1 unspecified atom stereocenters. The van der Waals surface area contributed by atoms with Crippen LogP contribution in [0.4, 0.5) is 33.7 Å². The summed E-state index contributed by atoms with van der Waals surface area (Å²) in [6, 6.07) is 1.05. The van der Waals surface area contributed by atoms with Crippen LogP contribution in [0.3, 0.4) is 0 Å². The van der Waals surface area contributed by atoms with Gasteiger partial charge in [0.1, 0.15) is 5.82 Å². The zero-order valence-corrected chi connectivity index (χ0v) is 20.1. The molecule has 9 nitrogen and oxygen atoms in total. The van der Waals surface area contributed by atoms with Crippen molar-refractivity contribution in [3.63, 3.8) is 0 Å². The molecule has 3 aromatic rings. The van der Waals surface area contributed by atoms with Gasteiger partial charge in [0.2, 0.25) is 0 Å². The number of amides is 3. The Labute approximate surface area is 204 Å². The Morgan fingerprint density at radius 1 is 1.22 bits per heavy atom. The first-order chi connectivity index (χ1) is 16.9. The predicted octanol–water partition coefficient (Wildman–Crippen LogP) is 3.54. The van der Waals surface area contributed by atoms with Gasteiger partial charge in [-0.25, -0.2) is 14.2 Å². The summed E-state index contributed by atoms with van der Waals surface area (Å²) in [5.74, 6) is -2.27. The summed E-state index contributed by atoms with van der Waals surface area (Å²) in [6.45, 7) is 3.45. The number of halogens is 4. The first kappa shape index (κ1) is 25.4. The van der Waals surface area contributed by atoms with Crippen molar-refractivity contribution >= 4 is 34.3 Å². The lowest BCUT2D eigenvalue weighted by Crippen LogP contribution is -2.38. The molecule has 0 saturated carbocycles. The second-order valence-corrected chi connectivity index (χ2v) is 8.84. The molecule has 192 valence electrons. The molecule has 0 radical (unpaired) electrons. The molecule has 0 bridgehead atoms. The lowest BCUT2D eigenvalue weighted by atomic mass is 10.1. The average molecular weight is 507 g/mol. The van der Waals surface area contributed by atoms with Gasteiger partial charge in [0.15, 0.2) is 5.65 Å². The van der Waals surface area contributed by atoms with E-state index in [1.807, 2.05) is 19.0 Å². The Morgan fingerprint density at radius 3 is 2.58 bits per heavy atom. The number of likely N-dealkylation sites (N-methyl/N-ethyl adjacent to an activating group) is 2. The number of imide groups is 1. The van der Waals surface area contributed by atoms with E-state index < -0.39 is 29.5 Å². The minimum Gasteiger partial charge on any atom is -0.369 e. The number of urea groups is 1. The fourth-order valence-electron chi connectivity index (χ4n) is 4.49. The number of rotatable bonds is 4. The van der Waals surface area contributed by atoms with Crippen molar-refractivity contribution in [1.82, 2.24) is 25.0 Å². The van der Waals surface area contributed by atoms with Crippen LogP contribution in [0.1, 0.15) is 28.0 Å². The number of hydrogen-bond acceptors (Lipinski definition) is 6. The summed E-state index contributed by atoms with van der Waals surface area (Å²) in [4.78, 5) is 34.2. The van der Waals surface area contributed by atoms with Gasteiger partial charge in [-0.3, -0.25) is 14.8 Å². The van der Waals surface area contributed by atoms with Crippen molar-refractivity contribution < 1.29 is 27.2 Å². The highest BCUT2D eigenvalue weighted by atomic mass is 19.4. The fourth-order valence-corrected chi connectivity index (χ4v) is 4.49. The van der Waals surface area contributed by atoms with Crippen molar-refractivity contribution in [2.75, 3.05) is 37.4 Å². The van der Waals surface area contributed by atoms with Crippen molar-refractivity contribution in [3.8, 4) is 0 Å². The fraction of sp³-hybridized carbons (Fsp3) is 0.391. The molecule has 0 aliphatic carbocycles. The summed E-state index contributed by atoms with van der Waals surface area (Å²) in [6.07, 6.45) is -2.73. The molecule has 13 heteroatoms. The summed E-state index contributed by atoms with van der Waals surface area (Å²) in [5, 5.41) is 9.36. The molecule has 1 aliphatic rings. The molecule has 2 N–H and O–H groups in total. The van der Waals surface area contributed by atoms with Crippen molar-refractivity contribution in [2.24, 2.45) is 7.05 Å². The van der Waals surface area contributed by atoms with E-state index in [2.05, 4.69) is 25.6 Å². The topological polar surface area (TPSA) is 95.4 Å². The number of nitrogens with zero attached hydrogens (tertiary/aromatic N) is 5. The third-order valence-corrected chi connectivity index (χ3v) is 6.27. The molecule has 1 fully saturated rings. The number of nitrogens with one attached hydrogen (secondary N) is 2. The highest BCUT2D eigenvalue weighted by Gasteiger charge is 2.34. The number of aryl methyl sites for hydroxylation is 2. The standard InChI is InChI=1S/C23H25F4N7O2/c1-12-18-19(33(3)14-7-8-32(2)11-14)15(10-28-20(18)34(4)31-12)21(35)30-22(36)29-13-5-6-17(24)16(9-13)23(25,26)27/h5-6,9-10,14H,7-8,11H2,1-4H3,(H2,29,30,35,36). The predicted molar refractivity (Wildman–Crippen MR) is 125 cm³/mol. The number of anilines is 2. The van der Waals surface area contributed by atoms with E-state index in [-0.39, 0.29) is 17.3 Å². The highest BCUT2D eigenvalue weighted by molar-refractivity contribution is 6.13. The zero-order valence-electron chi connectivity index (χ0n) is 20.1. The van der Waals surface area contributed by atoms with Crippen LogP contribution in [0.25, 0.3) is 11.0 Å². The number of benzene rings is 1. The maximum Gasteiger partial charge on any atom is 0.419 e. The van der Waals surface area contributed by atoms with E-state index in [0.717, 1.165) is 25.6 Å². The van der Waals surface area contributed by atoms with Gasteiger partial charge in [-0.05, 0) is 45.1 Å². The van der Waals surface area contributed by atoms with Gasteiger partial charge >= 0.3 is 12.2 Å². The average Bonchev–Trinajstić information content (AvgIpc) is 3.35. The van der Waals surface area contributed by atoms with Crippen LogP contribution in [0.5, 0.6) is 0 Å². The number of hydrogen-bond donors (Lipinski definition) is 2. The van der Waals surface area contributed by atoms with E-state index in [4.69, 9.17) is 0 Å². The summed E-state index contributed by atoms with van der Waals surface area (Å²) < 4.78 is 54.1. The molecule has 36 heavy (non-hydrogen) atoms. The number of aromatic nitrogens is 3. The van der Waals surface area contributed by atoms with Gasteiger partial charge in [-0.15, -0.1) is 0 Å². The molecule has 0 spiro atoms. The van der Waals surface area contributed by atoms with Gasteiger partial charge in [0.25, 0.3) is 5.91 Å². The molecule has 1 atom stereocenters. The number of carbonyl (C=O) groups excluding carboxylic acids is 2. The summed E-state index contributed by atoms with van der Waals surface area (Å²) >= 11 is 0. The van der Waals surface area contributed by atoms with Gasteiger partial charge in [0.05, 0.1) is 27.9 Å². The minimum absolute atomic E-state index is 0.0978. The molecule has 1 aromatic carbocycles. The molecular weight excluding hydrogens is 482 g/mol. The van der Waals surface area contributed by atoms with Crippen LogP contribution in [0.15, 0.2) is 24.4 Å². The van der Waals surface area contributed by atoms with Gasteiger partial charge in [-0.2, -0.15) is 18.3 Å². The Hall–Kier alpha value is -3.74. The monoisotopic (exact) mass is 507 g/mol. The Morgan fingerprint density at radius 2 is 1.94 bits per heavy atom. The van der Waals surface area contributed by atoms with E-state index in [9.17, 15) is 27.2 Å². The van der Waals surface area contributed by atoms with Crippen LogP contribution in [-0.4, -0.2) is 64.8 Å².